The van der Waals surface area contributed by atoms with Crippen molar-refractivity contribution >= 4 is 17.6 Å². The molecule has 3 aliphatic rings. The Labute approximate surface area is 192 Å². The van der Waals surface area contributed by atoms with Crippen LogP contribution in [0.25, 0.3) is 0 Å². The summed E-state index contributed by atoms with van der Waals surface area (Å²) in [6, 6.07) is 8.74. The second-order valence-electron chi connectivity index (χ2n) is 8.90. The van der Waals surface area contributed by atoms with E-state index in [1.165, 1.54) is 11.3 Å². The minimum atomic E-state index is -0.0322. The lowest BCUT2D eigenvalue weighted by molar-refractivity contribution is -0.135. The molecule has 3 fully saturated rings. The van der Waals surface area contributed by atoms with Gasteiger partial charge in [-0.3, -0.25) is 14.7 Å². The summed E-state index contributed by atoms with van der Waals surface area (Å²) in [5, 5.41) is 3.51. The summed E-state index contributed by atoms with van der Waals surface area (Å²) in [5.41, 5.74) is 2.50. The molecule has 0 spiro atoms. The minimum Gasteiger partial charge on any atom is -0.378 e. The van der Waals surface area contributed by atoms with E-state index in [1.807, 2.05) is 11.9 Å². The maximum atomic E-state index is 12.7. The molecule has 8 heteroatoms. The van der Waals surface area contributed by atoms with Gasteiger partial charge >= 0.3 is 0 Å². The number of ether oxygens (including phenoxy) is 1. The van der Waals surface area contributed by atoms with E-state index in [-0.39, 0.29) is 6.04 Å². The highest BCUT2D eigenvalue weighted by Gasteiger charge is 2.30. The number of piperazine rings is 1. The number of hydrogen-bond donors (Lipinski definition) is 1. The van der Waals surface area contributed by atoms with Gasteiger partial charge in [-0.2, -0.15) is 0 Å². The van der Waals surface area contributed by atoms with Gasteiger partial charge in [-0.05, 0) is 37.5 Å². The van der Waals surface area contributed by atoms with Crippen molar-refractivity contribution < 1.29 is 9.53 Å². The smallest absolute Gasteiger partial charge is 0.239 e. The Morgan fingerprint density at radius 3 is 2.25 bits per heavy atom. The molecule has 0 bridgehead atoms. The Hall–Kier alpha value is -2.32. The number of nitrogens with one attached hydrogen (secondary N) is 1. The van der Waals surface area contributed by atoms with E-state index in [4.69, 9.17) is 4.74 Å². The van der Waals surface area contributed by atoms with Crippen molar-refractivity contribution in [3.05, 3.63) is 29.8 Å². The van der Waals surface area contributed by atoms with Gasteiger partial charge in [0.25, 0.3) is 0 Å². The molecule has 1 N–H and O–H groups in total. The number of anilines is 1. The number of hydrogen-bond acceptors (Lipinski definition) is 5. The Balaban J connectivity index is 1.23. The lowest BCUT2D eigenvalue weighted by Gasteiger charge is -2.39. The highest BCUT2D eigenvalue weighted by atomic mass is 16.5. The zero-order valence-corrected chi connectivity index (χ0v) is 19.6. The summed E-state index contributed by atoms with van der Waals surface area (Å²) in [6.07, 6.45) is 2.29. The molecular formula is C24H38N6O2. The fraction of sp³-hybridized carbons (Fsp3) is 0.667. The average molecular weight is 443 g/mol. The van der Waals surface area contributed by atoms with E-state index >= 15 is 0 Å². The molecule has 3 aliphatic heterocycles. The van der Waals surface area contributed by atoms with Crippen LogP contribution in [0.5, 0.6) is 0 Å². The molecule has 4 rings (SSSR count). The van der Waals surface area contributed by atoms with Crippen LogP contribution >= 0.6 is 0 Å². The fourth-order valence-corrected chi connectivity index (χ4v) is 4.84. The topological polar surface area (TPSA) is 63.7 Å². The lowest BCUT2D eigenvalue weighted by atomic mass is 10.2. The van der Waals surface area contributed by atoms with Crippen LogP contribution in [0.15, 0.2) is 29.3 Å². The van der Waals surface area contributed by atoms with Gasteiger partial charge < -0.3 is 24.8 Å². The Morgan fingerprint density at radius 2 is 1.62 bits per heavy atom. The average Bonchev–Trinajstić information content (AvgIpc) is 3.40. The molecule has 8 nitrogen and oxygen atoms in total. The van der Waals surface area contributed by atoms with Crippen LogP contribution in [0.3, 0.4) is 0 Å². The molecule has 1 amide bonds. The first-order chi connectivity index (χ1) is 15.7. The van der Waals surface area contributed by atoms with Crippen molar-refractivity contribution in [2.45, 2.75) is 32.4 Å². The minimum absolute atomic E-state index is 0.0322. The van der Waals surface area contributed by atoms with Gasteiger partial charge in [-0.25, -0.2) is 0 Å². The van der Waals surface area contributed by atoms with Gasteiger partial charge in [0.1, 0.15) is 0 Å². The Kier molecular flexibility index (Phi) is 7.86. The van der Waals surface area contributed by atoms with E-state index in [1.54, 1.807) is 0 Å². The zero-order chi connectivity index (χ0) is 22.3. The van der Waals surface area contributed by atoms with Crippen molar-refractivity contribution in [1.82, 2.24) is 20.0 Å². The van der Waals surface area contributed by atoms with E-state index < -0.39 is 0 Å². The monoisotopic (exact) mass is 442 g/mol. The molecule has 1 unspecified atom stereocenters. The predicted octanol–water partition coefficient (Wildman–Crippen LogP) is 1.23. The Morgan fingerprint density at radius 1 is 0.969 bits per heavy atom. The van der Waals surface area contributed by atoms with Crippen LogP contribution in [0, 0.1) is 0 Å². The lowest BCUT2D eigenvalue weighted by Crippen LogP contribution is -2.57. The number of nitrogens with zero attached hydrogens (tertiary/aromatic N) is 5. The highest BCUT2D eigenvalue weighted by Crippen LogP contribution is 2.17. The number of benzene rings is 1. The molecule has 0 saturated carbocycles. The van der Waals surface area contributed by atoms with Gasteiger partial charge in [0.05, 0.1) is 19.3 Å². The number of carbonyl (C=O) groups is 1. The van der Waals surface area contributed by atoms with Crippen LogP contribution in [0.1, 0.15) is 25.3 Å². The summed E-state index contributed by atoms with van der Waals surface area (Å²) in [4.78, 5) is 26.2. The molecule has 1 aromatic rings. The zero-order valence-electron chi connectivity index (χ0n) is 19.6. The van der Waals surface area contributed by atoms with Gasteiger partial charge in [0, 0.05) is 71.6 Å². The fourth-order valence-electron chi connectivity index (χ4n) is 4.84. The second kappa shape index (κ2) is 11.0. The first kappa shape index (κ1) is 22.9. The van der Waals surface area contributed by atoms with Crippen LogP contribution in [-0.4, -0.2) is 105 Å². The van der Waals surface area contributed by atoms with Crippen LogP contribution in [0.4, 0.5) is 5.69 Å². The molecule has 3 saturated heterocycles. The van der Waals surface area contributed by atoms with E-state index in [0.29, 0.717) is 5.91 Å². The van der Waals surface area contributed by atoms with Crippen LogP contribution in [0.2, 0.25) is 0 Å². The summed E-state index contributed by atoms with van der Waals surface area (Å²) < 4.78 is 5.44. The third-order valence-electron chi connectivity index (χ3n) is 6.91. The number of rotatable bonds is 5. The number of aliphatic imine (C=N–C) groups is 1. The molecule has 3 heterocycles. The van der Waals surface area contributed by atoms with Gasteiger partial charge in [0.2, 0.25) is 5.91 Å². The van der Waals surface area contributed by atoms with E-state index in [9.17, 15) is 4.79 Å². The highest BCUT2D eigenvalue weighted by molar-refractivity contribution is 5.82. The number of carbonyl (C=O) groups excluding carboxylic acids is 1. The standard InChI is InChI=1S/C24H38N6O2/c1-20(23(31)29-9-3-4-10-29)27-11-13-30(14-12-27)24(25-2)26-19-21-5-7-22(8-6-21)28-15-17-32-18-16-28/h5-8,20H,3-4,9-19H2,1-2H3,(H,25,26). The number of morpholine rings is 1. The molecule has 32 heavy (non-hydrogen) atoms. The van der Waals surface area contributed by atoms with Crippen LogP contribution in [-0.2, 0) is 16.1 Å². The molecule has 1 atom stereocenters. The third kappa shape index (κ3) is 5.53. The predicted molar refractivity (Wildman–Crippen MR) is 128 cm³/mol. The SMILES string of the molecule is CN=C(NCc1ccc(N2CCOCC2)cc1)N1CCN(C(C)C(=O)N2CCCC2)CC1. The van der Waals surface area contributed by atoms with Crippen molar-refractivity contribution in [2.24, 2.45) is 4.99 Å². The van der Waals surface area contributed by atoms with Crippen molar-refractivity contribution in [3.8, 4) is 0 Å². The molecule has 0 aliphatic carbocycles. The second-order valence-corrected chi connectivity index (χ2v) is 8.90. The van der Waals surface area contributed by atoms with Gasteiger partial charge in [0.15, 0.2) is 5.96 Å². The quantitative estimate of drug-likeness (QED) is 0.547. The summed E-state index contributed by atoms with van der Waals surface area (Å²) in [7, 11) is 1.84. The number of amides is 1. The van der Waals surface area contributed by atoms with Crippen molar-refractivity contribution in [2.75, 3.05) is 77.5 Å². The molecule has 0 aromatic heterocycles. The van der Waals surface area contributed by atoms with Gasteiger partial charge in [-0.1, -0.05) is 12.1 Å². The normalized spacial score (nSPS) is 21.7. The molecular weight excluding hydrogens is 404 g/mol. The van der Waals surface area contributed by atoms with Crippen LogP contribution < -0.4 is 10.2 Å². The Bertz CT molecular complexity index is 763. The van der Waals surface area contributed by atoms with Crippen molar-refractivity contribution in [3.63, 3.8) is 0 Å². The van der Waals surface area contributed by atoms with Crippen molar-refractivity contribution in [1.29, 1.82) is 0 Å². The number of guanidine groups is 1. The third-order valence-corrected chi connectivity index (χ3v) is 6.91. The maximum absolute atomic E-state index is 12.7. The first-order valence-corrected chi connectivity index (χ1v) is 12.1. The van der Waals surface area contributed by atoms with E-state index in [2.05, 4.69) is 56.2 Å². The molecule has 0 radical (unpaired) electrons. The summed E-state index contributed by atoms with van der Waals surface area (Å²) in [5.74, 6) is 1.22. The maximum Gasteiger partial charge on any atom is 0.239 e. The number of likely N-dealkylation sites (tertiary alicyclic amines) is 1. The summed E-state index contributed by atoms with van der Waals surface area (Å²) in [6.45, 7) is 11.7. The largest absolute Gasteiger partial charge is 0.378 e. The van der Waals surface area contributed by atoms with E-state index in [0.717, 1.165) is 90.9 Å². The first-order valence-electron chi connectivity index (χ1n) is 12.1. The van der Waals surface area contributed by atoms with Gasteiger partial charge in [-0.15, -0.1) is 0 Å². The molecule has 176 valence electrons. The molecule has 1 aromatic carbocycles. The summed E-state index contributed by atoms with van der Waals surface area (Å²) >= 11 is 0.